The van der Waals surface area contributed by atoms with Gasteiger partial charge in [-0.15, -0.1) is 0 Å². The van der Waals surface area contributed by atoms with Crippen LogP contribution in [0.4, 0.5) is 5.69 Å². The molecule has 1 N–H and O–H groups in total. The summed E-state index contributed by atoms with van der Waals surface area (Å²) in [6.07, 6.45) is 0.243. The highest BCUT2D eigenvalue weighted by molar-refractivity contribution is 7.89. The normalized spacial score (nSPS) is 11.5. The van der Waals surface area contributed by atoms with Crippen LogP contribution in [0.1, 0.15) is 25.0 Å². The zero-order valence-electron chi connectivity index (χ0n) is 14.8. The number of aryl methyl sites for hydroxylation is 1. The highest BCUT2D eigenvalue weighted by atomic mass is 32.2. The van der Waals surface area contributed by atoms with Crippen molar-refractivity contribution in [1.82, 2.24) is 4.31 Å². The minimum absolute atomic E-state index is 0.179. The second-order valence-electron chi connectivity index (χ2n) is 5.78. The summed E-state index contributed by atoms with van der Waals surface area (Å²) in [7, 11) is -3.57. The van der Waals surface area contributed by atoms with E-state index in [9.17, 15) is 13.2 Å². The highest BCUT2D eigenvalue weighted by Crippen LogP contribution is 2.23. The van der Waals surface area contributed by atoms with Crippen molar-refractivity contribution in [3.05, 3.63) is 59.7 Å². The molecule has 6 heteroatoms. The van der Waals surface area contributed by atoms with Crippen LogP contribution >= 0.6 is 0 Å². The molecule has 0 aromatic heterocycles. The molecule has 5 nitrogen and oxygen atoms in total. The van der Waals surface area contributed by atoms with Gasteiger partial charge in [-0.3, -0.25) is 4.79 Å². The van der Waals surface area contributed by atoms with E-state index in [1.165, 1.54) is 10.4 Å². The Balaban J connectivity index is 2.22. The second-order valence-corrected chi connectivity index (χ2v) is 7.69. The van der Waals surface area contributed by atoms with Gasteiger partial charge < -0.3 is 5.32 Å². The molecule has 0 radical (unpaired) electrons. The molecule has 0 spiro atoms. The first kappa shape index (κ1) is 19.1. The largest absolute Gasteiger partial charge is 0.326 e. The van der Waals surface area contributed by atoms with Gasteiger partial charge in [-0.05, 0) is 30.2 Å². The van der Waals surface area contributed by atoms with Gasteiger partial charge in [-0.2, -0.15) is 4.31 Å². The number of sulfonamides is 1. The maximum Gasteiger partial charge on any atom is 0.243 e. The molecule has 0 atom stereocenters. The van der Waals surface area contributed by atoms with Crippen LogP contribution in [0.3, 0.4) is 0 Å². The Kier molecular flexibility index (Phi) is 6.33. The fourth-order valence-electron chi connectivity index (χ4n) is 2.64. The molecule has 0 bridgehead atoms. The third kappa shape index (κ3) is 4.67. The quantitative estimate of drug-likeness (QED) is 0.824. The van der Waals surface area contributed by atoms with E-state index in [4.69, 9.17) is 0 Å². The lowest BCUT2D eigenvalue weighted by Crippen LogP contribution is -2.31. The van der Waals surface area contributed by atoms with Crippen molar-refractivity contribution in [3.8, 4) is 0 Å². The van der Waals surface area contributed by atoms with Gasteiger partial charge in [0.25, 0.3) is 0 Å². The number of benzene rings is 2. The topological polar surface area (TPSA) is 66.5 Å². The fraction of sp³-hybridized carbons (Fsp3) is 0.316. The van der Waals surface area contributed by atoms with Crippen LogP contribution in [-0.4, -0.2) is 31.7 Å². The van der Waals surface area contributed by atoms with Crippen molar-refractivity contribution < 1.29 is 13.2 Å². The smallest absolute Gasteiger partial charge is 0.243 e. The minimum atomic E-state index is -3.57. The minimum Gasteiger partial charge on any atom is -0.326 e. The molecule has 0 saturated heterocycles. The average molecular weight is 360 g/mol. The Hall–Kier alpha value is -2.18. The van der Waals surface area contributed by atoms with Gasteiger partial charge in [-0.1, -0.05) is 50.2 Å². The van der Waals surface area contributed by atoms with E-state index in [1.54, 1.807) is 19.1 Å². The van der Waals surface area contributed by atoms with Gasteiger partial charge >= 0.3 is 0 Å². The van der Waals surface area contributed by atoms with Crippen LogP contribution in [0.2, 0.25) is 0 Å². The van der Waals surface area contributed by atoms with Crippen LogP contribution in [-0.2, 0) is 21.2 Å². The zero-order valence-corrected chi connectivity index (χ0v) is 15.6. The van der Waals surface area contributed by atoms with Crippen LogP contribution in [0.25, 0.3) is 0 Å². The van der Waals surface area contributed by atoms with Crippen molar-refractivity contribution >= 4 is 21.6 Å². The number of carbonyl (C=O) groups is 1. The molecule has 0 aliphatic heterocycles. The molecule has 2 aromatic rings. The predicted molar refractivity (Wildman–Crippen MR) is 100 cm³/mol. The van der Waals surface area contributed by atoms with Crippen molar-refractivity contribution in [3.63, 3.8) is 0 Å². The average Bonchev–Trinajstić information content (AvgIpc) is 2.58. The number of hydrogen-bond acceptors (Lipinski definition) is 3. The SMILES string of the molecule is CCN(CC)S(=O)(=O)c1cc(NC(=O)Cc2ccccc2)ccc1C. The summed E-state index contributed by atoms with van der Waals surface area (Å²) in [5.41, 5.74) is 2.05. The fourth-order valence-corrected chi connectivity index (χ4v) is 4.35. The van der Waals surface area contributed by atoms with Crippen LogP contribution in [0.5, 0.6) is 0 Å². The second kappa shape index (κ2) is 8.27. The molecular formula is C19H24N2O3S. The van der Waals surface area contributed by atoms with Crippen LogP contribution < -0.4 is 5.32 Å². The number of nitrogens with one attached hydrogen (secondary N) is 1. The lowest BCUT2D eigenvalue weighted by atomic mass is 10.1. The summed E-state index contributed by atoms with van der Waals surface area (Å²) in [6.45, 7) is 6.18. The van der Waals surface area contributed by atoms with Crippen molar-refractivity contribution in [2.24, 2.45) is 0 Å². The number of amides is 1. The Morgan fingerprint density at radius 3 is 2.28 bits per heavy atom. The van der Waals surface area contributed by atoms with Crippen LogP contribution in [0.15, 0.2) is 53.4 Å². The Labute approximate surface area is 149 Å². The van der Waals surface area contributed by atoms with E-state index in [0.29, 0.717) is 24.3 Å². The molecule has 1 amide bonds. The summed E-state index contributed by atoms with van der Waals surface area (Å²) in [5.74, 6) is -0.179. The van der Waals surface area contributed by atoms with E-state index in [2.05, 4.69) is 5.32 Å². The Morgan fingerprint density at radius 1 is 1.04 bits per heavy atom. The van der Waals surface area contributed by atoms with Gasteiger partial charge in [0.05, 0.1) is 11.3 Å². The van der Waals surface area contributed by atoms with Gasteiger partial charge in [0.15, 0.2) is 0 Å². The van der Waals surface area contributed by atoms with E-state index in [-0.39, 0.29) is 17.2 Å². The summed E-state index contributed by atoms with van der Waals surface area (Å²) < 4.78 is 26.9. The Bertz CT molecular complexity index is 829. The number of nitrogens with zero attached hydrogens (tertiary/aromatic N) is 1. The summed E-state index contributed by atoms with van der Waals surface area (Å²) in [6, 6.07) is 14.4. The maximum atomic E-state index is 12.8. The number of anilines is 1. The van der Waals surface area contributed by atoms with Crippen molar-refractivity contribution in [2.75, 3.05) is 18.4 Å². The van der Waals surface area contributed by atoms with E-state index < -0.39 is 10.0 Å². The summed E-state index contributed by atoms with van der Waals surface area (Å²) >= 11 is 0. The predicted octanol–water partition coefficient (Wildman–Crippen LogP) is 3.21. The van der Waals surface area contributed by atoms with Crippen molar-refractivity contribution in [2.45, 2.75) is 32.1 Å². The van der Waals surface area contributed by atoms with Crippen molar-refractivity contribution in [1.29, 1.82) is 0 Å². The third-order valence-corrected chi connectivity index (χ3v) is 6.19. The zero-order chi connectivity index (χ0) is 18.4. The maximum absolute atomic E-state index is 12.8. The molecule has 0 aliphatic rings. The molecule has 0 aliphatic carbocycles. The standard InChI is InChI=1S/C19H24N2O3S/c1-4-21(5-2)25(23,24)18-14-17(12-11-15(18)3)20-19(22)13-16-9-7-6-8-10-16/h6-12,14H,4-5,13H2,1-3H3,(H,20,22). The Morgan fingerprint density at radius 2 is 1.68 bits per heavy atom. The molecule has 0 saturated carbocycles. The first-order chi connectivity index (χ1) is 11.9. The molecule has 0 heterocycles. The monoisotopic (exact) mass is 360 g/mol. The summed E-state index contributed by atoms with van der Waals surface area (Å²) in [4.78, 5) is 12.4. The lowest BCUT2D eigenvalue weighted by Gasteiger charge is -2.20. The van der Waals surface area contributed by atoms with E-state index in [0.717, 1.165) is 5.56 Å². The number of rotatable bonds is 7. The first-order valence-electron chi connectivity index (χ1n) is 8.33. The van der Waals surface area contributed by atoms with Gasteiger partial charge in [0.2, 0.25) is 15.9 Å². The molecule has 25 heavy (non-hydrogen) atoms. The number of hydrogen-bond donors (Lipinski definition) is 1. The first-order valence-corrected chi connectivity index (χ1v) is 9.77. The molecule has 2 rings (SSSR count). The molecule has 134 valence electrons. The number of carbonyl (C=O) groups excluding carboxylic acids is 1. The molecular weight excluding hydrogens is 336 g/mol. The van der Waals surface area contributed by atoms with E-state index in [1.807, 2.05) is 44.2 Å². The van der Waals surface area contributed by atoms with Crippen LogP contribution in [0, 0.1) is 6.92 Å². The molecule has 0 unspecified atom stereocenters. The van der Waals surface area contributed by atoms with Gasteiger partial charge in [-0.25, -0.2) is 8.42 Å². The highest BCUT2D eigenvalue weighted by Gasteiger charge is 2.24. The molecule has 2 aromatic carbocycles. The van der Waals surface area contributed by atoms with Gasteiger partial charge in [0.1, 0.15) is 0 Å². The van der Waals surface area contributed by atoms with E-state index >= 15 is 0 Å². The lowest BCUT2D eigenvalue weighted by molar-refractivity contribution is -0.115. The summed E-state index contributed by atoms with van der Waals surface area (Å²) in [5, 5.41) is 2.78. The molecule has 0 fully saturated rings. The third-order valence-electron chi connectivity index (χ3n) is 4.00. The van der Waals surface area contributed by atoms with Gasteiger partial charge in [0, 0.05) is 18.8 Å².